The molecule has 0 fully saturated rings. The number of phenolic OH excluding ortho intramolecular Hbond substituents is 1. The summed E-state index contributed by atoms with van der Waals surface area (Å²) in [4.78, 5) is 8.98. The molecule has 0 spiro atoms. The molecule has 1 heterocycles. The minimum atomic E-state index is 0.191. The largest absolute Gasteiger partial charge is 0.507 e. The fraction of sp³-hybridized carbons (Fsp3) is 0.0476. The maximum absolute atomic E-state index is 9.82. The van der Waals surface area contributed by atoms with E-state index in [0.717, 1.165) is 21.5 Å². The van der Waals surface area contributed by atoms with Crippen LogP contribution in [-0.4, -0.2) is 23.4 Å². The second-order valence-corrected chi connectivity index (χ2v) is 6.69. The highest BCUT2D eigenvalue weighted by atomic mass is 79.9. The molecule has 1 aromatic heterocycles. The van der Waals surface area contributed by atoms with Crippen LogP contribution in [0.2, 0.25) is 0 Å². The molecule has 0 aliphatic heterocycles. The smallest absolute Gasteiger partial charge is 0.227 e. The number of fused-ring (bicyclic) bond motifs is 1. The van der Waals surface area contributed by atoms with Crippen LogP contribution in [0.3, 0.4) is 0 Å². The van der Waals surface area contributed by atoms with E-state index in [1.807, 2.05) is 42.5 Å². The van der Waals surface area contributed by atoms with E-state index in [2.05, 4.69) is 25.9 Å². The molecular weight excluding hydrogens is 408 g/mol. The number of para-hydroxylation sites is 1. The van der Waals surface area contributed by atoms with Gasteiger partial charge in [-0.05, 0) is 64.5 Å². The first-order valence-electron chi connectivity index (χ1n) is 8.20. The monoisotopic (exact) mass is 422 g/mol. The number of hydrogen-bond donors (Lipinski definition) is 1. The molecule has 0 atom stereocenters. The van der Waals surface area contributed by atoms with Gasteiger partial charge in [0.2, 0.25) is 5.89 Å². The minimum absolute atomic E-state index is 0.191. The summed E-state index contributed by atoms with van der Waals surface area (Å²) in [6.07, 6.45) is 1.62. The first-order valence-corrected chi connectivity index (χ1v) is 9.00. The first kappa shape index (κ1) is 17.3. The minimum Gasteiger partial charge on any atom is -0.507 e. The zero-order valence-corrected chi connectivity index (χ0v) is 16.0. The molecule has 134 valence electrons. The van der Waals surface area contributed by atoms with Crippen molar-refractivity contribution in [2.75, 3.05) is 7.11 Å². The van der Waals surface area contributed by atoms with Gasteiger partial charge in [0.1, 0.15) is 17.0 Å². The summed E-state index contributed by atoms with van der Waals surface area (Å²) in [5.41, 5.74) is 3.61. The average molecular weight is 423 g/mol. The molecule has 0 saturated carbocycles. The van der Waals surface area contributed by atoms with Crippen LogP contribution < -0.4 is 4.74 Å². The lowest BCUT2D eigenvalue weighted by Gasteiger charge is -2.03. The van der Waals surface area contributed by atoms with Crippen LogP contribution in [0.5, 0.6) is 11.5 Å². The van der Waals surface area contributed by atoms with Crippen LogP contribution >= 0.6 is 15.9 Å². The lowest BCUT2D eigenvalue weighted by atomic mass is 10.2. The number of methoxy groups -OCH3 is 1. The molecule has 0 radical (unpaired) electrons. The predicted octanol–water partition coefficient (Wildman–Crippen LogP) is 5.72. The zero-order chi connectivity index (χ0) is 18.8. The van der Waals surface area contributed by atoms with Crippen LogP contribution in [0.15, 0.2) is 74.5 Å². The number of ether oxygens (including phenoxy) is 1. The van der Waals surface area contributed by atoms with Crippen LogP contribution in [0.4, 0.5) is 5.69 Å². The molecule has 0 aliphatic rings. The molecule has 27 heavy (non-hydrogen) atoms. The number of halogens is 1. The maximum Gasteiger partial charge on any atom is 0.227 e. The van der Waals surface area contributed by atoms with Crippen LogP contribution in [0, 0.1) is 0 Å². The van der Waals surface area contributed by atoms with Crippen LogP contribution in [0.25, 0.3) is 22.6 Å². The number of phenols is 1. The number of aliphatic imine (C=N–C) groups is 1. The van der Waals surface area contributed by atoms with Gasteiger partial charge in [0.25, 0.3) is 0 Å². The molecule has 0 saturated heterocycles. The van der Waals surface area contributed by atoms with E-state index >= 15 is 0 Å². The van der Waals surface area contributed by atoms with Crippen LogP contribution in [0.1, 0.15) is 5.56 Å². The second-order valence-electron chi connectivity index (χ2n) is 5.84. The van der Waals surface area contributed by atoms with Crippen molar-refractivity contribution in [2.24, 2.45) is 4.99 Å². The third kappa shape index (κ3) is 3.57. The van der Waals surface area contributed by atoms with Gasteiger partial charge in [-0.25, -0.2) is 4.98 Å². The first-order chi connectivity index (χ1) is 13.1. The summed E-state index contributed by atoms with van der Waals surface area (Å²) in [5.74, 6) is 1.46. The van der Waals surface area contributed by atoms with Gasteiger partial charge >= 0.3 is 0 Å². The van der Waals surface area contributed by atoms with E-state index in [-0.39, 0.29) is 5.75 Å². The molecule has 6 heteroatoms. The Morgan fingerprint density at radius 2 is 1.96 bits per heavy atom. The summed E-state index contributed by atoms with van der Waals surface area (Å²) >= 11 is 3.47. The van der Waals surface area contributed by atoms with Gasteiger partial charge in [-0.15, -0.1) is 0 Å². The third-order valence-corrected chi connectivity index (χ3v) is 4.68. The van der Waals surface area contributed by atoms with Gasteiger partial charge in [-0.1, -0.05) is 12.1 Å². The molecule has 0 aliphatic carbocycles. The summed E-state index contributed by atoms with van der Waals surface area (Å²) in [5, 5.41) is 9.82. The number of oxazole rings is 1. The molecule has 4 rings (SSSR count). The number of rotatable bonds is 4. The number of aromatic nitrogens is 1. The maximum atomic E-state index is 9.82. The van der Waals surface area contributed by atoms with E-state index < -0.39 is 0 Å². The standard InChI is InChI=1S/C21H15BrN2O3/c1-26-19-8-6-13(10-16(19)22)21-24-17-11-15(7-9-20(17)27-21)23-12-14-4-2-3-5-18(14)25/h2-12,25H,1H3. The average Bonchev–Trinajstić information content (AvgIpc) is 3.10. The highest BCUT2D eigenvalue weighted by Gasteiger charge is 2.11. The molecule has 3 aromatic carbocycles. The Morgan fingerprint density at radius 1 is 1.11 bits per heavy atom. The van der Waals surface area contributed by atoms with Crippen molar-refractivity contribution in [1.82, 2.24) is 4.98 Å². The SMILES string of the molecule is COc1ccc(-c2nc3cc(N=Cc4ccccc4O)ccc3o2)cc1Br. The summed E-state index contributed by atoms with van der Waals surface area (Å²) in [7, 11) is 1.62. The molecule has 0 amide bonds. The van der Waals surface area contributed by atoms with Gasteiger partial charge < -0.3 is 14.3 Å². The van der Waals surface area contributed by atoms with Crippen molar-refractivity contribution in [1.29, 1.82) is 0 Å². The van der Waals surface area contributed by atoms with Crippen molar-refractivity contribution < 1.29 is 14.3 Å². The summed E-state index contributed by atoms with van der Waals surface area (Å²) < 4.78 is 11.9. The Balaban J connectivity index is 1.66. The molecule has 0 unspecified atom stereocenters. The Hall–Kier alpha value is -3.12. The van der Waals surface area contributed by atoms with Crippen molar-refractivity contribution in [3.63, 3.8) is 0 Å². The molecule has 4 aromatic rings. The zero-order valence-electron chi connectivity index (χ0n) is 14.4. The predicted molar refractivity (Wildman–Crippen MR) is 109 cm³/mol. The van der Waals surface area contributed by atoms with E-state index in [1.54, 1.807) is 31.5 Å². The van der Waals surface area contributed by atoms with Crippen molar-refractivity contribution in [3.8, 4) is 23.0 Å². The Morgan fingerprint density at radius 3 is 2.74 bits per heavy atom. The Labute approximate surface area is 164 Å². The summed E-state index contributed by atoms with van der Waals surface area (Å²) in [6, 6.07) is 18.2. The van der Waals surface area contributed by atoms with Gasteiger partial charge in [-0.2, -0.15) is 0 Å². The van der Waals surface area contributed by atoms with E-state index in [1.165, 1.54) is 0 Å². The van der Waals surface area contributed by atoms with Gasteiger partial charge in [0, 0.05) is 17.3 Å². The highest BCUT2D eigenvalue weighted by Crippen LogP contribution is 2.32. The number of nitrogens with zero attached hydrogens (tertiary/aromatic N) is 2. The number of hydrogen-bond acceptors (Lipinski definition) is 5. The Kier molecular flexibility index (Phi) is 4.64. The van der Waals surface area contributed by atoms with Gasteiger partial charge in [-0.3, -0.25) is 4.99 Å². The lowest BCUT2D eigenvalue weighted by molar-refractivity contribution is 0.412. The lowest BCUT2D eigenvalue weighted by Crippen LogP contribution is -1.85. The normalized spacial score (nSPS) is 11.3. The van der Waals surface area contributed by atoms with E-state index in [9.17, 15) is 5.11 Å². The van der Waals surface area contributed by atoms with Crippen LogP contribution in [-0.2, 0) is 0 Å². The quantitative estimate of drug-likeness (QED) is 0.426. The van der Waals surface area contributed by atoms with Crippen molar-refractivity contribution >= 4 is 38.9 Å². The summed E-state index contributed by atoms with van der Waals surface area (Å²) in [6.45, 7) is 0. The highest BCUT2D eigenvalue weighted by molar-refractivity contribution is 9.10. The van der Waals surface area contributed by atoms with Gasteiger partial charge in [0.05, 0.1) is 17.3 Å². The number of aromatic hydroxyl groups is 1. The van der Waals surface area contributed by atoms with E-state index in [4.69, 9.17) is 9.15 Å². The molecule has 5 nitrogen and oxygen atoms in total. The van der Waals surface area contributed by atoms with Gasteiger partial charge in [0.15, 0.2) is 5.58 Å². The Bertz CT molecular complexity index is 1150. The van der Waals surface area contributed by atoms with Crippen molar-refractivity contribution in [2.45, 2.75) is 0 Å². The molecule has 0 bridgehead atoms. The van der Waals surface area contributed by atoms with E-state index in [0.29, 0.717) is 22.6 Å². The fourth-order valence-corrected chi connectivity index (χ4v) is 3.20. The third-order valence-electron chi connectivity index (χ3n) is 4.06. The fourth-order valence-electron chi connectivity index (χ4n) is 2.66. The second kappa shape index (κ2) is 7.25. The topological polar surface area (TPSA) is 67.9 Å². The van der Waals surface area contributed by atoms with Crippen molar-refractivity contribution in [3.05, 3.63) is 70.7 Å². The molecule has 1 N–H and O–H groups in total. The molecular formula is C21H15BrN2O3. The number of benzene rings is 3.